The second kappa shape index (κ2) is 4.37. The number of hydrogen-bond acceptors (Lipinski definition) is 3. The first kappa shape index (κ1) is 10.6. The summed E-state index contributed by atoms with van der Waals surface area (Å²) in [4.78, 5) is 0. The number of rotatable bonds is 5. The Morgan fingerprint density at radius 3 is 3.12 bits per heavy atom. The van der Waals surface area contributed by atoms with Gasteiger partial charge in [0.05, 0.1) is 6.54 Å². The van der Waals surface area contributed by atoms with Gasteiger partial charge < -0.3 is 14.4 Å². The first-order valence-corrected chi connectivity index (χ1v) is 6.11. The summed E-state index contributed by atoms with van der Waals surface area (Å²) in [6.07, 6.45) is 4.74. The minimum Gasteiger partial charge on any atom is -0.361 e. The fourth-order valence-corrected chi connectivity index (χ4v) is 1.97. The largest absolute Gasteiger partial charge is 0.361 e. The van der Waals surface area contributed by atoms with Gasteiger partial charge in [-0.05, 0) is 31.9 Å². The minimum absolute atomic E-state index is 0.743. The lowest BCUT2D eigenvalue weighted by Crippen LogP contribution is -2.18. The molecular weight excluding hydrogens is 214 g/mol. The van der Waals surface area contributed by atoms with Gasteiger partial charge in [0.1, 0.15) is 11.5 Å². The average molecular weight is 231 g/mol. The van der Waals surface area contributed by atoms with Crippen LogP contribution in [-0.4, -0.2) is 15.8 Å². The third-order valence-corrected chi connectivity index (χ3v) is 3.08. The third-order valence-electron chi connectivity index (χ3n) is 3.08. The summed E-state index contributed by atoms with van der Waals surface area (Å²) < 4.78 is 7.30. The molecule has 0 aliphatic heterocycles. The van der Waals surface area contributed by atoms with E-state index in [9.17, 15) is 0 Å². The van der Waals surface area contributed by atoms with Gasteiger partial charge in [-0.25, -0.2) is 0 Å². The summed E-state index contributed by atoms with van der Waals surface area (Å²) in [6, 6.07) is 6.96. The molecule has 1 saturated carbocycles. The van der Waals surface area contributed by atoms with Gasteiger partial charge in [-0.15, -0.1) is 0 Å². The average Bonchev–Trinajstić information content (AvgIpc) is 2.90. The Kier molecular flexibility index (Phi) is 2.73. The molecule has 0 saturated heterocycles. The van der Waals surface area contributed by atoms with Crippen LogP contribution >= 0.6 is 0 Å². The van der Waals surface area contributed by atoms with Crippen LogP contribution in [0.2, 0.25) is 0 Å². The van der Waals surface area contributed by atoms with Gasteiger partial charge in [0.2, 0.25) is 0 Å². The van der Waals surface area contributed by atoms with Crippen molar-refractivity contribution in [3.05, 3.63) is 41.5 Å². The lowest BCUT2D eigenvalue weighted by Gasteiger charge is -2.07. The van der Waals surface area contributed by atoms with E-state index in [0.29, 0.717) is 0 Å². The van der Waals surface area contributed by atoms with Gasteiger partial charge in [0.25, 0.3) is 0 Å². The zero-order valence-electron chi connectivity index (χ0n) is 10.0. The first-order valence-electron chi connectivity index (χ1n) is 6.11. The molecular formula is C13H17N3O. The van der Waals surface area contributed by atoms with E-state index >= 15 is 0 Å². The maximum atomic E-state index is 5.08. The molecule has 1 aliphatic rings. The summed E-state index contributed by atoms with van der Waals surface area (Å²) in [5.74, 6) is 0.866. The first-order chi connectivity index (χ1) is 8.31. The smallest absolute Gasteiger partial charge is 0.133 e. The van der Waals surface area contributed by atoms with E-state index in [4.69, 9.17) is 4.52 Å². The molecule has 0 radical (unpaired) electrons. The molecule has 2 aromatic rings. The lowest BCUT2D eigenvalue weighted by molar-refractivity contribution is 0.388. The zero-order valence-corrected chi connectivity index (χ0v) is 10.0. The SMILES string of the molecule is Cc1cc(Cn2cccc2CNC2CC2)no1. The van der Waals surface area contributed by atoms with Crippen LogP contribution in [-0.2, 0) is 13.1 Å². The number of nitrogens with one attached hydrogen (secondary N) is 1. The second-order valence-electron chi connectivity index (χ2n) is 4.71. The van der Waals surface area contributed by atoms with Gasteiger partial charge in [-0.1, -0.05) is 5.16 Å². The maximum absolute atomic E-state index is 5.08. The Bertz CT molecular complexity index is 496. The monoisotopic (exact) mass is 231 g/mol. The van der Waals surface area contributed by atoms with Crippen molar-refractivity contribution >= 4 is 0 Å². The Hall–Kier alpha value is -1.55. The molecule has 2 aromatic heterocycles. The molecule has 0 atom stereocenters. The van der Waals surface area contributed by atoms with Crippen molar-refractivity contribution < 1.29 is 4.52 Å². The van der Waals surface area contributed by atoms with Gasteiger partial charge in [-0.2, -0.15) is 0 Å². The Morgan fingerprint density at radius 2 is 2.41 bits per heavy atom. The predicted octanol–water partition coefficient (Wildman–Crippen LogP) is 2.08. The highest BCUT2D eigenvalue weighted by atomic mass is 16.5. The number of aryl methyl sites for hydroxylation is 1. The number of aromatic nitrogens is 2. The summed E-state index contributed by atoms with van der Waals surface area (Å²) in [7, 11) is 0. The van der Waals surface area contributed by atoms with E-state index in [1.54, 1.807) is 0 Å². The lowest BCUT2D eigenvalue weighted by atomic mass is 10.3. The quantitative estimate of drug-likeness (QED) is 0.856. The molecule has 0 amide bonds. The molecule has 1 N–H and O–H groups in total. The van der Waals surface area contributed by atoms with E-state index in [1.165, 1.54) is 18.5 Å². The molecule has 4 nitrogen and oxygen atoms in total. The van der Waals surface area contributed by atoms with E-state index in [-0.39, 0.29) is 0 Å². The summed E-state index contributed by atoms with van der Waals surface area (Å²) in [5, 5.41) is 7.55. The van der Waals surface area contributed by atoms with Crippen molar-refractivity contribution in [2.45, 2.75) is 38.9 Å². The molecule has 17 heavy (non-hydrogen) atoms. The molecule has 1 fully saturated rings. The van der Waals surface area contributed by atoms with E-state index in [1.807, 2.05) is 13.0 Å². The molecule has 0 unspecified atom stereocenters. The molecule has 3 rings (SSSR count). The van der Waals surface area contributed by atoms with Gasteiger partial charge >= 0.3 is 0 Å². The molecule has 0 bridgehead atoms. The second-order valence-corrected chi connectivity index (χ2v) is 4.71. The maximum Gasteiger partial charge on any atom is 0.133 e. The van der Waals surface area contributed by atoms with Crippen LogP contribution in [0.3, 0.4) is 0 Å². The summed E-state index contributed by atoms with van der Waals surface area (Å²) in [6.45, 7) is 3.64. The number of nitrogens with zero attached hydrogens (tertiary/aromatic N) is 2. The highest BCUT2D eigenvalue weighted by Crippen LogP contribution is 2.19. The van der Waals surface area contributed by atoms with E-state index in [0.717, 1.165) is 30.6 Å². The molecule has 0 spiro atoms. The molecule has 0 aromatic carbocycles. The van der Waals surface area contributed by atoms with E-state index < -0.39 is 0 Å². The van der Waals surface area contributed by atoms with Crippen LogP contribution in [0.15, 0.2) is 28.9 Å². The van der Waals surface area contributed by atoms with Crippen LogP contribution in [0.1, 0.15) is 30.0 Å². The molecule has 90 valence electrons. The van der Waals surface area contributed by atoms with Gasteiger partial charge in [0.15, 0.2) is 0 Å². The van der Waals surface area contributed by atoms with Crippen LogP contribution in [0, 0.1) is 6.92 Å². The van der Waals surface area contributed by atoms with Crippen molar-refractivity contribution in [3.8, 4) is 0 Å². The van der Waals surface area contributed by atoms with Gasteiger partial charge in [0, 0.05) is 30.5 Å². The normalized spacial score (nSPS) is 15.4. The Labute approximate surface area is 101 Å². The number of hydrogen-bond donors (Lipinski definition) is 1. The summed E-state index contributed by atoms with van der Waals surface area (Å²) >= 11 is 0. The topological polar surface area (TPSA) is 43.0 Å². The highest BCUT2D eigenvalue weighted by molar-refractivity contribution is 5.12. The fraction of sp³-hybridized carbons (Fsp3) is 0.462. The van der Waals surface area contributed by atoms with Crippen molar-refractivity contribution in [3.63, 3.8) is 0 Å². The zero-order chi connectivity index (χ0) is 11.7. The molecule has 2 heterocycles. The fourth-order valence-electron chi connectivity index (χ4n) is 1.97. The van der Waals surface area contributed by atoms with Crippen LogP contribution in [0.5, 0.6) is 0 Å². The van der Waals surface area contributed by atoms with Crippen molar-refractivity contribution in [2.75, 3.05) is 0 Å². The van der Waals surface area contributed by atoms with Crippen molar-refractivity contribution in [1.29, 1.82) is 0 Å². The highest BCUT2D eigenvalue weighted by Gasteiger charge is 2.20. The third kappa shape index (κ3) is 2.58. The van der Waals surface area contributed by atoms with Crippen LogP contribution in [0.25, 0.3) is 0 Å². The molecule has 1 aliphatic carbocycles. The van der Waals surface area contributed by atoms with Crippen molar-refractivity contribution in [1.82, 2.24) is 15.0 Å². The van der Waals surface area contributed by atoms with Crippen LogP contribution < -0.4 is 5.32 Å². The minimum atomic E-state index is 0.743. The van der Waals surface area contributed by atoms with E-state index in [2.05, 4.69) is 33.4 Å². The standard InChI is InChI=1S/C13H17N3O/c1-10-7-12(15-17-10)9-16-6-2-3-13(16)8-14-11-4-5-11/h2-3,6-7,11,14H,4-5,8-9H2,1H3. The Morgan fingerprint density at radius 1 is 1.53 bits per heavy atom. The van der Waals surface area contributed by atoms with Crippen LogP contribution in [0.4, 0.5) is 0 Å². The van der Waals surface area contributed by atoms with Gasteiger partial charge in [-0.3, -0.25) is 0 Å². The predicted molar refractivity (Wildman–Crippen MR) is 64.6 cm³/mol. The molecule has 4 heteroatoms. The van der Waals surface area contributed by atoms with Crippen molar-refractivity contribution in [2.24, 2.45) is 0 Å². The Balaban J connectivity index is 1.67. The summed E-state index contributed by atoms with van der Waals surface area (Å²) in [5.41, 5.74) is 2.28.